The van der Waals surface area contributed by atoms with Crippen LogP contribution in [0.3, 0.4) is 0 Å². The number of esters is 2. The Balaban J connectivity index is 2.62. The summed E-state index contributed by atoms with van der Waals surface area (Å²) >= 11 is 0.677. The van der Waals surface area contributed by atoms with Crippen molar-refractivity contribution in [3.05, 3.63) is 45.8 Å². The molecule has 146 valence electrons. The Morgan fingerprint density at radius 3 is 2.22 bits per heavy atom. The predicted octanol–water partition coefficient (Wildman–Crippen LogP) is 3.55. The molecule has 0 unspecified atom stereocenters. The summed E-state index contributed by atoms with van der Waals surface area (Å²) in [6.07, 6.45) is 0. The maximum absolute atomic E-state index is 13.0. The molecular formula is C18H21NO6S2. The molecule has 1 aromatic heterocycles. The summed E-state index contributed by atoms with van der Waals surface area (Å²) in [7, 11) is -1.81. The van der Waals surface area contributed by atoms with E-state index in [9.17, 15) is 18.0 Å². The van der Waals surface area contributed by atoms with E-state index in [1.165, 1.54) is 14.0 Å². The summed E-state index contributed by atoms with van der Waals surface area (Å²) in [4.78, 5) is 24.2. The van der Waals surface area contributed by atoms with Crippen LogP contribution in [0.5, 0.6) is 0 Å². The van der Waals surface area contributed by atoms with E-state index in [2.05, 4.69) is 9.46 Å². The number of sulfonamides is 1. The van der Waals surface area contributed by atoms with Crippen LogP contribution < -0.4 is 4.72 Å². The minimum atomic E-state index is -4.14. The Morgan fingerprint density at radius 2 is 1.67 bits per heavy atom. The van der Waals surface area contributed by atoms with Crippen LogP contribution in [0.1, 0.15) is 50.9 Å². The highest BCUT2D eigenvalue weighted by atomic mass is 32.2. The summed E-state index contributed by atoms with van der Waals surface area (Å²) in [5.41, 5.74) is 1.25. The van der Waals surface area contributed by atoms with E-state index < -0.39 is 22.0 Å². The van der Waals surface area contributed by atoms with E-state index in [0.29, 0.717) is 17.0 Å². The molecule has 0 saturated heterocycles. The Hall–Kier alpha value is -2.39. The monoisotopic (exact) mass is 411 g/mol. The molecule has 0 saturated carbocycles. The molecule has 0 bridgehead atoms. The predicted molar refractivity (Wildman–Crippen MR) is 103 cm³/mol. The maximum Gasteiger partial charge on any atom is 0.348 e. The summed E-state index contributed by atoms with van der Waals surface area (Å²) in [6.45, 7) is 5.37. The molecule has 0 aliphatic rings. The normalized spacial score (nSPS) is 11.3. The van der Waals surface area contributed by atoms with Crippen molar-refractivity contribution in [2.75, 3.05) is 18.9 Å². The highest BCUT2D eigenvalue weighted by molar-refractivity contribution is 7.94. The second kappa shape index (κ2) is 8.10. The number of nitrogens with one attached hydrogen (secondary N) is 1. The van der Waals surface area contributed by atoms with Crippen LogP contribution >= 0.6 is 11.3 Å². The van der Waals surface area contributed by atoms with E-state index in [-0.39, 0.29) is 26.1 Å². The van der Waals surface area contributed by atoms with Gasteiger partial charge in [0, 0.05) is 0 Å². The molecule has 27 heavy (non-hydrogen) atoms. The molecule has 1 aromatic carbocycles. The number of carbonyl (C=O) groups is 2. The summed E-state index contributed by atoms with van der Waals surface area (Å²) in [5, 5.41) is 0. The summed E-state index contributed by atoms with van der Waals surface area (Å²) < 4.78 is 37.7. The van der Waals surface area contributed by atoms with E-state index in [4.69, 9.17) is 4.74 Å². The Morgan fingerprint density at radius 1 is 1.07 bits per heavy atom. The van der Waals surface area contributed by atoms with E-state index >= 15 is 0 Å². The Kier molecular flexibility index (Phi) is 6.27. The van der Waals surface area contributed by atoms with Crippen molar-refractivity contribution in [2.45, 2.75) is 30.9 Å². The molecule has 9 heteroatoms. The maximum atomic E-state index is 13.0. The van der Waals surface area contributed by atoms with Crippen LogP contribution in [0.15, 0.2) is 28.5 Å². The van der Waals surface area contributed by atoms with Crippen LogP contribution in [-0.2, 0) is 19.5 Å². The fourth-order valence-electron chi connectivity index (χ4n) is 2.59. The minimum absolute atomic E-state index is 0.0374. The van der Waals surface area contributed by atoms with Gasteiger partial charge in [0.2, 0.25) is 0 Å². The first-order valence-electron chi connectivity index (χ1n) is 8.05. The van der Waals surface area contributed by atoms with Gasteiger partial charge < -0.3 is 9.47 Å². The van der Waals surface area contributed by atoms with Gasteiger partial charge in [0.05, 0.1) is 25.5 Å². The SMILES string of the molecule is COC(=O)c1sc(S(=O)(=O)Nc2ccccc2C(C)C)c(C(=O)OC)c1C. The van der Waals surface area contributed by atoms with Crippen LogP contribution in [0.2, 0.25) is 0 Å². The van der Waals surface area contributed by atoms with Gasteiger partial charge in [0.15, 0.2) is 4.21 Å². The summed E-state index contributed by atoms with van der Waals surface area (Å²) in [5.74, 6) is -1.47. The van der Waals surface area contributed by atoms with Crippen molar-refractivity contribution >= 4 is 39.0 Å². The topological polar surface area (TPSA) is 98.8 Å². The van der Waals surface area contributed by atoms with E-state index in [1.54, 1.807) is 12.1 Å². The molecule has 0 atom stereocenters. The van der Waals surface area contributed by atoms with Gasteiger partial charge in [-0.2, -0.15) is 0 Å². The number of methoxy groups -OCH3 is 2. The third-order valence-electron chi connectivity index (χ3n) is 3.95. The van der Waals surface area contributed by atoms with E-state index in [1.807, 2.05) is 26.0 Å². The number of rotatable bonds is 6. The number of thiophene rings is 1. The van der Waals surface area contributed by atoms with Crippen LogP contribution in [0.25, 0.3) is 0 Å². The average Bonchev–Trinajstić information content (AvgIpc) is 2.98. The van der Waals surface area contributed by atoms with Crippen molar-refractivity contribution in [1.82, 2.24) is 0 Å². The molecule has 0 radical (unpaired) electrons. The summed E-state index contributed by atoms with van der Waals surface area (Å²) in [6, 6.07) is 7.00. The molecule has 0 aliphatic carbocycles. The zero-order valence-corrected chi connectivity index (χ0v) is 17.3. The molecule has 0 spiro atoms. The molecule has 7 nitrogen and oxygen atoms in total. The zero-order chi connectivity index (χ0) is 20.4. The lowest BCUT2D eigenvalue weighted by Gasteiger charge is -2.14. The number of hydrogen-bond acceptors (Lipinski definition) is 7. The Labute approximate surface area is 162 Å². The molecule has 2 aromatic rings. The fraction of sp³-hybridized carbons (Fsp3) is 0.333. The number of carbonyl (C=O) groups excluding carboxylic acids is 2. The molecule has 0 aliphatic heterocycles. The van der Waals surface area contributed by atoms with Gasteiger partial charge in [-0.05, 0) is 30.0 Å². The van der Waals surface area contributed by atoms with Crippen molar-refractivity contribution in [3.63, 3.8) is 0 Å². The molecule has 0 amide bonds. The Bertz CT molecular complexity index is 976. The average molecular weight is 412 g/mol. The van der Waals surface area contributed by atoms with Gasteiger partial charge in [0.25, 0.3) is 10.0 Å². The van der Waals surface area contributed by atoms with Gasteiger partial charge in [-0.3, -0.25) is 4.72 Å². The fourth-order valence-corrected chi connectivity index (χ4v) is 5.42. The third-order valence-corrected chi connectivity index (χ3v) is 7.10. The molecule has 0 fully saturated rings. The molecule has 1 N–H and O–H groups in total. The van der Waals surface area contributed by atoms with Gasteiger partial charge in [0.1, 0.15) is 4.88 Å². The first kappa shape index (κ1) is 20.9. The van der Waals surface area contributed by atoms with Crippen LogP contribution in [0.4, 0.5) is 5.69 Å². The number of ether oxygens (including phenoxy) is 2. The van der Waals surface area contributed by atoms with Gasteiger partial charge in [-0.25, -0.2) is 18.0 Å². The van der Waals surface area contributed by atoms with Crippen LogP contribution in [0, 0.1) is 6.92 Å². The van der Waals surface area contributed by atoms with E-state index in [0.717, 1.165) is 12.7 Å². The van der Waals surface area contributed by atoms with Crippen molar-refractivity contribution in [1.29, 1.82) is 0 Å². The standard InChI is InChI=1S/C18H21NO6S2/c1-10(2)12-8-6-7-9-13(12)19-27(22,23)18-14(16(20)24-4)11(3)15(26-18)17(21)25-5/h6-10,19H,1-5H3. The highest BCUT2D eigenvalue weighted by Crippen LogP contribution is 2.35. The smallest absolute Gasteiger partial charge is 0.348 e. The lowest BCUT2D eigenvalue weighted by Crippen LogP contribution is -2.17. The second-order valence-corrected chi connectivity index (χ2v) is 8.95. The molecule has 2 rings (SSSR count). The first-order valence-corrected chi connectivity index (χ1v) is 10.4. The van der Waals surface area contributed by atoms with Gasteiger partial charge in [-0.1, -0.05) is 32.0 Å². The number of benzene rings is 1. The molecular weight excluding hydrogens is 390 g/mol. The zero-order valence-electron chi connectivity index (χ0n) is 15.7. The van der Waals surface area contributed by atoms with Crippen molar-refractivity contribution < 1.29 is 27.5 Å². The third kappa shape index (κ3) is 4.14. The number of hydrogen-bond donors (Lipinski definition) is 1. The second-order valence-electron chi connectivity index (χ2n) is 6.05. The minimum Gasteiger partial charge on any atom is -0.465 e. The lowest BCUT2D eigenvalue weighted by atomic mass is 10.0. The quantitative estimate of drug-likeness (QED) is 0.730. The number of para-hydroxylation sites is 1. The van der Waals surface area contributed by atoms with Crippen LogP contribution in [-0.4, -0.2) is 34.6 Å². The molecule has 1 heterocycles. The highest BCUT2D eigenvalue weighted by Gasteiger charge is 2.33. The van der Waals surface area contributed by atoms with Crippen molar-refractivity contribution in [3.8, 4) is 0 Å². The van der Waals surface area contributed by atoms with Gasteiger partial charge in [-0.15, -0.1) is 11.3 Å². The van der Waals surface area contributed by atoms with Gasteiger partial charge >= 0.3 is 11.9 Å². The largest absolute Gasteiger partial charge is 0.465 e. The van der Waals surface area contributed by atoms with Crippen molar-refractivity contribution in [2.24, 2.45) is 0 Å². The lowest BCUT2D eigenvalue weighted by molar-refractivity contribution is 0.0596. The first-order chi connectivity index (χ1) is 12.6. The number of anilines is 1.